The van der Waals surface area contributed by atoms with Crippen LogP contribution in [0.4, 0.5) is 0 Å². The Morgan fingerprint density at radius 1 is 1.28 bits per heavy atom. The molecule has 0 aliphatic heterocycles. The monoisotopic (exact) mass is 354 g/mol. The maximum Gasteiger partial charge on any atom is 0.0924 e. The molecule has 25 heavy (non-hydrogen) atoms. The van der Waals surface area contributed by atoms with Crippen molar-refractivity contribution in [2.75, 3.05) is 0 Å². The molecule has 0 saturated heterocycles. The summed E-state index contributed by atoms with van der Waals surface area (Å²) >= 11 is 6.12. The van der Waals surface area contributed by atoms with Gasteiger partial charge in [0.05, 0.1) is 11.6 Å². The average Bonchev–Trinajstić information content (AvgIpc) is 3.02. The molecule has 2 rings (SSSR count). The molecule has 0 radical (unpaired) electrons. The van der Waals surface area contributed by atoms with Crippen molar-refractivity contribution in [1.82, 2.24) is 9.78 Å². The summed E-state index contributed by atoms with van der Waals surface area (Å²) in [7, 11) is 0. The van der Waals surface area contributed by atoms with Crippen LogP contribution in [0.15, 0.2) is 73.0 Å². The minimum absolute atomic E-state index is 0.282. The first-order chi connectivity index (χ1) is 12.2. The number of rotatable bonds is 9. The van der Waals surface area contributed by atoms with Crippen molar-refractivity contribution < 1.29 is 0 Å². The van der Waals surface area contributed by atoms with E-state index in [1.165, 1.54) is 5.57 Å². The number of hydrogen-bond acceptors (Lipinski definition) is 1. The minimum atomic E-state index is 0.282. The van der Waals surface area contributed by atoms with Crippen molar-refractivity contribution in [1.29, 1.82) is 0 Å². The van der Waals surface area contributed by atoms with E-state index in [-0.39, 0.29) is 6.04 Å². The fourth-order valence-corrected chi connectivity index (χ4v) is 3.19. The van der Waals surface area contributed by atoms with Gasteiger partial charge in [0.15, 0.2) is 0 Å². The Labute approximate surface area is 156 Å². The summed E-state index contributed by atoms with van der Waals surface area (Å²) in [6.45, 7) is 8.08. The minimum Gasteiger partial charge on any atom is -0.264 e. The molecule has 3 heteroatoms. The van der Waals surface area contributed by atoms with E-state index in [2.05, 4.69) is 49.5 Å². The van der Waals surface area contributed by atoms with E-state index in [4.69, 9.17) is 16.7 Å². The molecule has 0 bridgehead atoms. The molecular weight excluding hydrogens is 328 g/mol. The normalized spacial score (nSPS) is 14.0. The number of fused-ring (bicyclic) bond motifs is 1. The van der Waals surface area contributed by atoms with Gasteiger partial charge in [-0.05, 0) is 43.9 Å². The third-order valence-electron chi connectivity index (χ3n) is 4.21. The van der Waals surface area contributed by atoms with Crippen LogP contribution in [0.3, 0.4) is 0 Å². The van der Waals surface area contributed by atoms with Crippen molar-refractivity contribution >= 4 is 22.5 Å². The topological polar surface area (TPSA) is 17.8 Å². The molecule has 1 heterocycles. The molecule has 0 N–H and O–H groups in total. The van der Waals surface area contributed by atoms with Gasteiger partial charge in [0, 0.05) is 16.6 Å². The van der Waals surface area contributed by atoms with Gasteiger partial charge < -0.3 is 0 Å². The first-order valence-electron chi connectivity index (χ1n) is 8.97. The highest BCUT2D eigenvalue weighted by Gasteiger charge is 2.16. The van der Waals surface area contributed by atoms with Crippen molar-refractivity contribution in [3.05, 3.63) is 78.0 Å². The highest BCUT2D eigenvalue weighted by Crippen LogP contribution is 2.28. The summed E-state index contributed by atoms with van der Waals surface area (Å²) < 4.78 is 2.11. The number of halogens is 1. The fourth-order valence-electron chi connectivity index (χ4n) is 3.01. The van der Waals surface area contributed by atoms with E-state index in [0.29, 0.717) is 0 Å². The van der Waals surface area contributed by atoms with Crippen LogP contribution in [0.5, 0.6) is 0 Å². The molecule has 2 aromatic rings. The first-order valence-corrected chi connectivity index (χ1v) is 9.35. The first kappa shape index (κ1) is 19.3. The van der Waals surface area contributed by atoms with E-state index in [1.807, 2.05) is 30.4 Å². The lowest BCUT2D eigenvalue weighted by molar-refractivity contribution is 0.477. The standard InChI is InChI=1S/C22H27ClN2/c1-4-7-8-9-10-11-13-22(18(6-3)12-5-2)25-17-19-16-20(23)14-15-21(19)24-25/h4,7-10,12,14-17,22H,1,5-6,11,13H2,2-3H3/b8-7-,10-9-,18-12-. The number of allylic oxidation sites excluding steroid dienone is 7. The van der Waals surface area contributed by atoms with Crippen LogP contribution in [-0.2, 0) is 0 Å². The quantitative estimate of drug-likeness (QED) is 0.348. The molecular formula is C22H27ClN2. The summed E-state index contributed by atoms with van der Waals surface area (Å²) in [5.74, 6) is 0. The number of hydrogen-bond donors (Lipinski definition) is 0. The molecule has 2 nitrogen and oxygen atoms in total. The number of benzene rings is 1. The molecule has 0 saturated carbocycles. The molecule has 1 atom stereocenters. The SMILES string of the molecule is C=C/C=C\C=C/CCC(/C(=C\CC)CC)n1cc2cc(Cl)ccc2n1. The van der Waals surface area contributed by atoms with E-state index >= 15 is 0 Å². The second kappa shape index (κ2) is 10.0. The summed E-state index contributed by atoms with van der Waals surface area (Å²) in [6, 6.07) is 6.14. The summed E-state index contributed by atoms with van der Waals surface area (Å²) in [4.78, 5) is 0. The molecule has 1 unspecified atom stereocenters. The number of aromatic nitrogens is 2. The van der Waals surface area contributed by atoms with Gasteiger partial charge >= 0.3 is 0 Å². The predicted octanol–water partition coefficient (Wildman–Crippen LogP) is 7.06. The lowest BCUT2D eigenvalue weighted by Crippen LogP contribution is -2.12. The lowest BCUT2D eigenvalue weighted by Gasteiger charge is -2.20. The predicted molar refractivity (Wildman–Crippen MR) is 110 cm³/mol. The van der Waals surface area contributed by atoms with Crippen molar-refractivity contribution in [3.8, 4) is 0 Å². The van der Waals surface area contributed by atoms with Gasteiger partial charge in [-0.15, -0.1) is 0 Å². The third kappa shape index (κ3) is 5.47. The second-order valence-corrected chi connectivity index (χ2v) is 6.43. The van der Waals surface area contributed by atoms with Crippen molar-refractivity contribution in [2.45, 2.75) is 45.6 Å². The fraction of sp³-hybridized carbons (Fsp3) is 0.318. The van der Waals surface area contributed by atoms with Crippen molar-refractivity contribution in [3.63, 3.8) is 0 Å². The van der Waals surface area contributed by atoms with Crippen LogP contribution in [0.2, 0.25) is 5.02 Å². The van der Waals surface area contributed by atoms with Gasteiger partial charge in [0.25, 0.3) is 0 Å². The Bertz CT molecular complexity index is 780. The summed E-state index contributed by atoms with van der Waals surface area (Å²) in [5.41, 5.74) is 2.43. The van der Waals surface area contributed by atoms with Crippen LogP contribution < -0.4 is 0 Å². The molecule has 0 fully saturated rings. The molecule has 132 valence electrons. The Morgan fingerprint density at radius 2 is 2.12 bits per heavy atom. The third-order valence-corrected chi connectivity index (χ3v) is 4.44. The van der Waals surface area contributed by atoms with Crippen LogP contribution in [0.1, 0.15) is 45.6 Å². The van der Waals surface area contributed by atoms with E-state index in [0.717, 1.165) is 41.6 Å². The smallest absolute Gasteiger partial charge is 0.0924 e. The van der Waals surface area contributed by atoms with Crippen LogP contribution >= 0.6 is 11.6 Å². The van der Waals surface area contributed by atoms with Gasteiger partial charge in [-0.2, -0.15) is 5.10 Å². The zero-order valence-electron chi connectivity index (χ0n) is 15.2. The highest BCUT2D eigenvalue weighted by atomic mass is 35.5. The molecule has 1 aromatic carbocycles. The summed E-state index contributed by atoms with van der Waals surface area (Å²) in [6.07, 6.45) is 18.6. The van der Waals surface area contributed by atoms with Gasteiger partial charge in [-0.3, -0.25) is 4.68 Å². The Kier molecular flexibility index (Phi) is 7.75. The molecule has 0 amide bonds. The molecule has 0 spiro atoms. The molecule has 1 aromatic heterocycles. The largest absolute Gasteiger partial charge is 0.264 e. The van der Waals surface area contributed by atoms with E-state index in [1.54, 1.807) is 6.08 Å². The lowest BCUT2D eigenvalue weighted by atomic mass is 9.98. The van der Waals surface area contributed by atoms with Crippen LogP contribution in [0.25, 0.3) is 10.9 Å². The van der Waals surface area contributed by atoms with Gasteiger partial charge in [-0.1, -0.05) is 74.1 Å². The zero-order chi connectivity index (χ0) is 18.1. The second-order valence-electron chi connectivity index (χ2n) is 5.99. The van der Waals surface area contributed by atoms with Gasteiger partial charge in [0.1, 0.15) is 0 Å². The van der Waals surface area contributed by atoms with E-state index < -0.39 is 0 Å². The van der Waals surface area contributed by atoms with E-state index in [9.17, 15) is 0 Å². The highest BCUT2D eigenvalue weighted by molar-refractivity contribution is 6.31. The molecule has 0 aliphatic rings. The maximum absolute atomic E-state index is 6.12. The van der Waals surface area contributed by atoms with Gasteiger partial charge in [0.2, 0.25) is 0 Å². The van der Waals surface area contributed by atoms with Gasteiger partial charge in [-0.25, -0.2) is 0 Å². The van der Waals surface area contributed by atoms with Crippen LogP contribution in [0, 0.1) is 0 Å². The number of nitrogens with zero attached hydrogens (tertiary/aromatic N) is 2. The maximum atomic E-state index is 6.12. The Hall–Kier alpha value is -2.06. The average molecular weight is 355 g/mol. The Morgan fingerprint density at radius 3 is 2.84 bits per heavy atom. The summed E-state index contributed by atoms with van der Waals surface area (Å²) in [5, 5.41) is 6.64. The van der Waals surface area contributed by atoms with Crippen molar-refractivity contribution in [2.24, 2.45) is 0 Å². The Balaban J connectivity index is 2.25. The zero-order valence-corrected chi connectivity index (χ0v) is 15.9. The van der Waals surface area contributed by atoms with Crippen LogP contribution in [-0.4, -0.2) is 9.78 Å². The molecule has 0 aliphatic carbocycles.